The second-order valence-corrected chi connectivity index (χ2v) is 7.78. The van der Waals surface area contributed by atoms with Crippen molar-refractivity contribution >= 4 is 35.0 Å². The summed E-state index contributed by atoms with van der Waals surface area (Å²) in [5.74, 6) is -4.03. The number of halogens is 3. The first-order chi connectivity index (χ1) is 14.1. The lowest BCUT2D eigenvalue weighted by Crippen LogP contribution is -2.37. The standard InChI is InChI=1S/C21H20ClF2N3O3/c1-10(2)27-18(28)9-14(19(27)11-3-5-15(22)17(24)7-11)21(30)26-12-4-6-16(23)13(8-12)20(25)29/h3-8,10,14,19H,9H2,1-2H3,(H2,25,29)(H,26,30). The van der Waals surface area contributed by atoms with Crippen molar-refractivity contribution in [1.82, 2.24) is 4.90 Å². The van der Waals surface area contributed by atoms with E-state index in [1.54, 1.807) is 19.9 Å². The molecule has 0 radical (unpaired) electrons. The van der Waals surface area contributed by atoms with Gasteiger partial charge in [-0.15, -0.1) is 0 Å². The highest BCUT2D eigenvalue weighted by Crippen LogP contribution is 2.41. The quantitative estimate of drug-likeness (QED) is 0.750. The van der Waals surface area contributed by atoms with E-state index in [1.165, 1.54) is 23.1 Å². The SMILES string of the molecule is CC(C)N1C(=O)CC(C(=O)Nc2ccc(F)c(C(N)=O)c2)C1c1ccc(Cl)c(F)c1. The maximum atomic E-state index is 14.1. The number of primary amides is 1. The molecule has 0 aromatic heterocycles. The largest absolute Gasteiger partial charge is 0.366 e. The highest BCUT2D eigenvalue weighted by Gasteiger charge is 2.45. The van der Waals surface area contributed by atoms with Gasteiger partial charge in [0.1, 0.15) is 11.6 Å². The van der Waals surface area contributed by atoms with Crippen LogP contribution in [0.25, 0.3) is 0 Å². The molecule has 1 saturated heterocycles. The van der Waals surface area contributed by atoms with Gasteiger partial charge in [0.2, 0.25) is 11.8 Å². The molecule has 1 aliphatic rings. The molecule has 0 bridgehead atoms. The van der Waals surface area contributed by atoms with Crippen LogP contribution in [0.15, 0.2) is 36.4 Å². The molecule has 6 nitrogen and oxygen atoms in total. The van der Waals surface area contributed by atoms with Crippen molar-refractivity contribution in [3.05, 3.63) is 64.2 Å². The first-order valence-corrected chi connectivity index (χ1v) is 9.64. The lowest BCUT2D eigenvalue weighted by molar-refractivity contribution is -0.130. The summed E-state index contributed by atoms with van der Waals surface area (Å²) in [7, 11) is 0. The Hall–Kier alpha value is -3.00. The molecule has 3 N–H and O–H groups in total. The minimum atomic E-state index is -0.972. The monoisotopic (exact) mass is 435 g/mol. The number of hydrogen-bond donors (Lipinski definition) is 2. The number of nitrogens with one attached hydrogen (secondary N) is 1. The number of anilines is 1. The lowest BCUT2D eigenvalue weighted by Gasteiger charge is -2.31. The minimum absolute atomic E-state index is 0.0644. The van der Waals surface area contributed by atoms with Gasteiger partial charge in [-0.25, -0.2) is 8.78 Å². The second-order valence-electron chi connectivity index (χ2n) is 7.37. The van der Waals surface area contributed by atoms with Gasteiger partial charge in [0.15, 0.2) is 0 Å². The first kappa shape index (κ1) is 21.7. The summed E-state index contributed by atoms with van der Waals surface area (Å²) in [6.07, 6.45) is -0.0806. The molecule has 9 heteroatoms. The van der Waals surface area contributed by atoms with Crippen LogP contribution >= 0.6 is 11.6 Å². The van der Waals surface area contributed by atoms with Gasteiger partial charge in [-0.1, -0.05) is 17.7 Å². The fraction of sp³-hybridized carbons (Fsp3) is 0.286. The van der Waals surface area contributed by atoms with E-state index in [9.17, 15) is 23.2 Å². The molecule has 2 unspecified atom stereocenters. The van der Waals surface area contributed by atoms with Crippen LogP contribution in [0.3, 0.4) is 0 Å². The smallest absolute Gasteiger partial charge is 0.251 e. The molecule has 3 rings (SSSR count). The van der Waals surface area contributed by atoms with Gasteiger partial charge >= 0.3 is 0 Å². The molecule has 3 amide bonds. The Morgan fingerprint density at radius 2 is 1.87 bits per heavy atom. The summed E-state index contributed by atoms with van der Waals surface area (Å²) in [5, 5.41) is 2.54. The van der Waals surface area contributed by atoms with E-state index < -0.39 is 35.4 Å². The Balaban J connectivity index is 1.95. The van der Waals surface area contributed by atoms with Gasteiger partial charge in [0, 0.05) is 18.2 Å². The second kappa shape index (κ2) is 8.39. The van der Waals surface area contributed by atoms with Crippen LogP contribution in [0.2, 0.25) is 5.02 Å². The molecular formula is C21H20ClF2N3O3. The van der Waals surface area contributed by atoms with Gasteiger partial charge in [0.25, 0.3) is 5.91 Å². The average Bonchev–Trinajstić information content (AvgIpc) is 3.03. The molecule has 2 atom stereocenters. The first-order valence-electron chi connectivity index (χ1n) is 9.26. The van der Waals surface area contributed by atoms with Crippen molar-refractivity contribution in [3.63, 3.8) is 0 Å². The molecule has 0 aliphatic carbocycles. The fourth-order valence-corrected chi connectivity index (χ4v) is 3.83. The molecule has 2 aromatic carbocycles. The van der Waals surface area contributed by atoms with Crippen molar-refractivity contribution in [3.8, 4) is 0 Å². The van der Waals surface area contributed by atoms with Crippen molar-refractivity contribution in [2.45, 2.75) is 32.4 Å². The zero-order chi connectivity index (χ0) is 22.2. The Bertz CT molecular complexity index is 1030. The number of carbonyl (C=O) groups is 3. The van der Waals surface area contributed by atoms with Crippen LogP contribution < -0.4 is 11.1 Å². The maximum absolute atomic E-state index is 14.1. The predicted molar refractivity (Wildman–Crippen MR) is 108 cm³/mol. The third-order valence-electron chi connectivity index (χ3n) is 5.04. The van der Waals surface area contributed by atoms with E-state index in [2.05, 4.69) is 5.32 Å². The average molecular weight is 436 g/mol. The van der Waals surface area contributed by atoms with E-state index in [0.717, 1.165) is 12.1 Å². The van der Waals surface area contributed by atoms with Crippen LogP contribution in [0.4, 0.5) is 14.5 Å². The Labute approximate surface area is 177 Å². The zero-order valence-electron chi connectivity index (χ0n) is 16.3. The summed E-state index contributed by atoms with van der Waals surface area (Å²) in [6, 6.07) is 6.66. The van der Waals surface area contributed by atoms with Crippen molar-refractivity contribution in [2.24, 2.45) is 11.7 Å². The molecule has 1 fully saturated rings. The fourth-order valence-electron chi connectivity index (χ4n) is 3.72. The number of nitrogens with two attached hydrogens (primary N) is 1. The number of amides is 3. The molecule has 2 aromatic rings. The van der Waals surface area contributed by atoms with Gasteiger partial charge in [-0.3, -0.25) is 14.4 Å². The number of nitrogens with zero attached hydrogens (tertiary/aromatic N) is 1. The van der Waals surface area contributed by atoms with Gasteiger partial charge in [0.05, 0.1) is 22.5 Å². The molecule has 1 aliphatic heterocycles. The molecule has 1 heterocycles. The molecule has 0 saturated carbocycles. The van der Waals surface area contributed by atoms with E-state index in [-0.39, 0.29) is 34.6 Å². The molecule has 0 spiro atoms. The summed E-state index contributed by atoms with van der Waals surface area (Å²) < 4.78 is 27.8. The van der Waals surface area contributed by atoms with Gasteiger partial charge in [-0.2, -0.15) is 0 Å². The van der Waals surface area contributed by atoms with Gasteiger partial charge in [-0.05, 0) is 49.7 Å². The van der Waals surface area contributed by atoms with E-state index in [1.807, 2.05) is 0 Å². The summed E-state index contributed by atoms with van der Waals surface area (Å²) in [4.78, 5) is 38.5. The highest BCUT2D eigenvalue weighted by molar-refractivity contribution is 6.30. The van der Waals surface area contributed by atoms with Crippen molar-refractivity contribution < 1.29 is 23.2 Å². The maximum Gasteiger partial charge on any atom is 0.251 e. The summed E-state index contributed by atoms with van der Waals surface area (Å²) in [6.45, 7) is 3.60. The highest BCUT2D eigenvalue weighted by atomic mass is 35.5. The molecular weight excluding hydrogens is 416 g/mol. The Morgan fingerprint density at radius 3 is 2.47 bits per heavy atom. The van der Waals surface area contributed by atoms with E-state index >= 15 is 0 Å². The number of hydrogen-bond acceptors (Lipinski definition) is 3. The summed E-state index contributed by atoms with van der Waals surface area (Å²) >= 11 is 5.77. The van der Waals surface area contributed by atoms with Crippen molar-refractivity contribution in [1.29, 1.82) is 0 Å². The van der Waals surface area contributed by atoms with Gasteiger partial charge < -0.3 is 16.0 Å². The lowest BCUT2D eigenvalue weighted by atomic mass is 9.92. The zero-order valence-corrected chi connectivity index (χ0v) is 17.0. The third-order valence-corrected chi connectivity index (χ3v) is 5.35. The van der Waals surface area contributed by atoms with Crippen LogP contribution in [0.5, 0.6) is 0 Å². The van der Waals surface area contributed by atoms with E-state index in [4.69, 9.17) is 17.3 Å². The molecule has 158 valence electrons. The van der Waals surface area contributed by atoms with Crippen LogP contribution in [0.1, 0.15) is 42.2 Å². The summed E-state index contributed by atoms with van der Waals surface area (Å²) in [5.41, 5.74) is 5.37. The minimum Gasteiger partial charge on any atom is -0.366 e. The Kier molecular flexibility index (Phi) is 6.07. The molecule has 30 heavy (non-hydrogen) atoms. The predicted octanol–water partition coefficient (Wildman–Crippen LogP) is 3.65. The third kappa shape index (κ3) is 4.14. The topological polar surface area (TPSA) is 92.5 Å². The number of likely N-dealkylation sites (tertiary alicyclic amines) is 1. The number of carbonyl (C=O) groups excluding carboxylic acids is 3. The van der Waals surface area contributed by atoms with E-state index in [0.29, 0.717) is 5.56 Å². The number of benzene rings is 2. The van der Waals surface area contributed by atoms with Crippen LogP contribution in [-0.4, -0.2) is 28.7 Å². The number of rotatable bonds is 5. The van der Waals surface area contributed by atoms with Crippen LogP contribution in [0, 0.1) is 17.6 Å². The van der Waals surface area contributed by atoms with Crippen LogP contribution in [-0.2, 0) is 9.59 Å². The Morgan fingerprint density at radius 1 is 1.17 bits per heavy atom. The van der Waals surface area contributed by atoms with Crippen molar-refractivity contribution in [2.75, 3.05) is 5.32 Å². The normalized spacial score (nSPS) is 18.7.